The molecule has 4 bridgehead atoms. The van der Waals surface area contributed by atoms with Gasteiger partial charge in [0, 0.05) is 11.2 Å². The summed E-state index contributed by atoms with van der Waals surface area (Å²) < 4.78 is 13.2. The number of benzene rings is 1. The predicted octanol–water partition coefficient (Wildman–Crippen LogP) is 3.92. The molecule has 4 fully saturated rings. The molecule has 112 valence electrons. The Bertz CT molecular complexity index is 536. The summed E-state index contributed by atoms with van der Waals surface area (Å²) in [7, 11) is 0. The number of halogens is 1. The minimum Gasteiger partial charge on any atom is -0.332 e. The number of anilines is 1. The van der Waals surface area contributed by atoms with Crippen molar-refractivity contribution in [2.45, 2.75) is 44.1 Å². The summed E-state index contributed by atoms with van der Waals surface area (Å²) in [6.45, 7) is 0. The number of nitrogens with one attached hydrogen (secondary N) is 2. The van der Waals surface area contributed by atoms with Crippen LogP contribution in [0.2, 0.25) is 0 Å². The van der Waals surface area contributed by atoms with E-state index in [9.17, 15) is 9.18 Å². The highest BCUT2D eigenvalue weighted by Gasteiger charge is 2.51. The molecular formula is C17H21FN2O. The molecule has 1 aromatic rings. The normalized spacial score (nSPS) is 36.5. The van der Waals surface area contributed by atoms with Crippen molar-refractivity contribution < 1.29 is 9.18 Å². The summed E-state index contributed by atoms with van der Waals surface area (Å²) in [5.41, 5.74) is 0.504. The van der Waals surface area contributed by atoms with Crippen LogP contribution in [0, 0.1) is 23.6 Å². The summed E-state index contributed by atoms with van der Waals surface area (Å²) in [5.74, 6) is 2.06. The average Bonchev–Trinajstić information content (AvgIpc) is 2.35. The molecule has 0 heterocycles. The second kappa shape index (κ2) is 4.72. The van der Waals surface area contributed by atoms with Gasteiger partial charge in [0.05, 0.1) is 0 Å². The number of carbonyl (C=O) groups excluding carboxylic acids is 1. The van der Waals surface area contributed by atoms with Gasteiger partial charge in [0.1, 0.15) is 5.82 Å². The lowest BCUT2D eigenvalue weighted by Gasteiger charge is -2.56. The van der Waals surface area contributed by atoms with E-state index in [1.54, 1.807) is 12.1 Å². The summed E-state index contributed by atoms with van der Waals surface area (Å²) in [6, 6.07) is 5.85. The van der Waals surface area contributed by atoms with Gasteiger partial charge >= 0.3 is 6.03 Å². The zero-order valence-corrected chi connectivity index (χ0v) is 12.1. The third-order valence-electron chi connectivity index (χ3n) is 5.50. The van der Waals surface area contributed by atoms with Crippen molar-refractivity contribution in [1.82, 2.24) is 5.32 Å². The Morgan fingerprint density at radius 1 is 1.10 bits per heavy atom. The van der Waals surface area contributed by atoms with Crippen LogP contribution in [-0.4, -0.2) is 11.6 Å². The van der Waals surface area contributed by atoms with Gasteiger partial charge in [0.25, 0.3) is 0 Å². The summed E-state index contributed by atoms with van der Waals surface area (Å²) >= 11 is 0. The van der Waals surface area contributed by atoms with Crippen molar-refractivity contribution in [2.24, 2.45) is 17.8 Å². The molecule has 4 aliphatic carbocycles. The third-order valence-corrected chi connectivity index (χ3v) is 5.50. The quantitative estimate of drug-likeness (QED) is 0.851. The van der Waals surface area contributed by atoms with Crippen molar-refractivity contribution in [3.8, 4) is 0 Å². The zero-order chi connectivity index (χ0) is 14.4. The van der Waals surface area contributed by atoms with E-state index in [1.165, 1.54) is 31.4 Å². The molecule has 3 nitrogen and oxygen atoms in total. The topological polar surface area (TPSA) is 41.1 Å². The molecule has 0 radical (unpaired) electrons. The van der Waals surface area contributed by atoms with E-state index in [-0.39, 0.29) is 17.4 Å². The van der Waals surface area contributed by atoms with E-state index >= 15 is 0 Å². The molecule has 0 atom stereocenters. The average molecular weight is 288 g/mol. The van der Waals surface area contributed by atoms with Crippen molar-refractivity contribution in [2.75, 3.05) is 5.32 Å². The number of hydrogen-bond acceptors (Lipinski definition) is 1. The first-order chi connectivity index (χ1) is 10.1. The smallest absolute Gasteiger partial charge is 0.319 e. The van der Waals surface area contributed by atoms with E-state index in [1.807, 2.05) is 0 Å². The molecular weight excluding hydrogens is 267 g/mol. The van der Waals surface area contributed by atoms with Crippen LogP contribution in [0.3, 0.4) is 0 Å². The molecule has 0 saturated heterocycles. The number of amides is 2. The zero-order valence-electron chi connectivity index (χ0n) is 12.1. The molecule has 2 N–H and O–H groups in total. The Labute approximate surface area is 124 Å². The molecule has 21 heavy (non-hydrogen) atoms. The van der Waals surface area contributed by atoms with Crippen molar-refractivity contribution >= 4 is 11.7 Å². The van der Waals surface area contributed by atoms with Crippen LogP contribution in [0.4, 0.5) is 14.9 Å². The lowest BCUT2D eigenvalue weighted by atomic mass is 9.53. The Morgan fingerprint density at radius 2 is 1.71 bits per heavy atom. The fourth-order valence-electron chi connectivity index (χ4n) is 5.23. The Hall–Kier alpha value is -1.58. The molecule has 4 heteroatoms. The Balaban J connectivity index is 1.45. The van der Waals surface area contributed by atoms with E-state index < -0.39 is 0 Å². The van der Waals surface area contributed by atoms with Crippen molar-refractivity contribution in [3.05, 3.63) is 30.1 Å². The molecule has 1 aromatic carbocycles. The van der Waals surface area contributed by atoms with Crippen LogP contribution < -0.4 is 10.6 Å². The first-order valence-corrected chi connectivity index (χ1v) is 7.95. The maximum Gasteiger partial charge on any atom is 0.319 e. The van der Waals surface area contributed by atoms with Crippen LogP contribution >= 0.6 is 0 Å². The van der Waals surface area contributed by atoms with Crippen molar-refractivity contribution in [3.63, 3.8) is 0 Å². The summed E-state index contributed by atoms with van der Waals surface area (Å²) in [4.78, 5) is 12.3. The standard InChI is InChI=1S/C17H21FN2O/c18-14-2-1-3-15(7-14)19-16(21)20-17-8-11-4-12(9-17)6-13(5-11)10-17/h1-3,7,11-13H,4-6,8-10H2,(H2,19,20,21). The predicted molar refractivity (Wildman–Crippen MR) is 79.5 cm³/mol. The van der Waals surface area contributed by atoms with Crippen LogP contribution in [0.5, 0.6) is 0 Å². The summed E-state index contributed by atoms with van der Waals surface area (Å²) in [6.07, 6.45) is 7.42. The van der Waals surface area contributed by atoms with Crippen LogP contribution in [0.1, 0.15) is 38.5 Å². The van der Waals surface area contributed by atoms with Gasteiger partial charge < -0.3 is 10.6 Å². The minimum atomic E-state index is -0.331. The van der Waals surface area contributed by atoms with Gasteiger partial charge in [-0.25, -0.2) is 9.18 Å². The first-order valence-electron chi connectivity index (χ1n) is 7.95. The molecule has 0 unspecified atom stereocenters. The van der Waals surface area contributed by atoms with Crippen molar-refractivity contribution in [1.29, 1.82) is 0 Å². The van der Waals surface area contributed by atoms with Gasteiger partial charge in [-0.05, 0) is 74.5 Å². The Kier molecular flexibility index (Phi) is 2.95. The molecule has 4 aliphatic rings. The lowest BCUT2D eigenvalue weighted by molar-refractivity contribution is -0.0127. The van der Waals surface area contributed by atoms with Gasteiger partial charge in [-0.15, -0.1) is 0 Å². The van der Waals surface area contributed by atoms with Crippen LogP contribution in [0.15, 0.2) is 24.3 Å². The second-order valence-electron chi connectivity index (χ2n) is 7.29. The highest BCUT2D eigenvalue weighted by molar-refractivity contribution is 5.89. The second-order valence-corrected chi connectivity index (χ2v) is 7.29. The molecule has 0 aliphatic heterocycles. The van der Waals surface area contributed by atoms with Gasteiger partial charge in [-0.2, -0.15) is 0 Å². The largest absolute Gasteiger partial charge is 0.332 e. The molecule has 0 aromatic heterocycles. The van der Waals surface area contributed by atoms with E-state index in [0.717, 1.165) is 37.0 Å². The van der Waals surface area contributed by atoms with Gasteiger partial charge in [-0.3, -0.25) is 0 Å². The maximum absolute atomic E-state index is 13.2. The number of urea groups is 1. The minimum absolute atomic E-state index is 0.00778. The molecule has 5 rings (SSSR count). The molecule has 4 saturated carbocycles. The number of rotatable bonds is 2. The SMILES string of the molecule is O=C(Nc1cccc(F)c1)NC12CC3CC(CC(C3)C1)C2. The van der Waals surface area contributed by atoms with E-state index in [2.05, 4.69) is 10.6 Å². The number of hydrogen-bond donors (Lipinski definition) is 2. The first kappa shape index (κ1) is 13.1. The third kappa shape index (κ3) is 2.52. The highest BCUT2D eigenvalue weighted by Crippen LogP contribution is 2.55. The number of carbonyl (C=O) groups is 1. The molecule has 0 spiro atoms. The van der Waals surface area contributed by atoms with Crippen LogP contribution in [-0.2, 0) is 0 Å². The monoisotopic (exact) mass is 288 g/mol. The Morgan fingerprint density at radius 3 is 2.29 bits per heavy atom. The maximum atomic E-state index is 13.2. The van der Waals surface area contributed by atoms with Gasteiger partial charge in [0.2, 0.25) is 0 Å². The highest BCUT2D eigenvalue weighted by atomic mass is 19.1. The lowest BCUT2D eigenvalue weighted by Crippen LogP contribution is -2.60. The van der Waals surface area contributed by atoms with E-state index in [0.29, 0.717) is 5.69 Å². The van der Waals surface area contributed by atoms with Gasteiger partial charge in [-0.1, -0.05) is 6.07 Å². The molecule has 2 amide bonds. The van der Waals surface area contributed by atoms with Gasteiger partial charge in [0.15, 0.2) is 0 Å². The van der Waals surface area contributed by atoms with Crippen LogP contribution in [0.25, 0.3) is 0 Å². The fourth-order valence-corrected chi connectivity index (χ4v) is 5.23. The van der Waals surface area contributed by atoms with E-state index in [4.69, 9.17) is 0 Å². The summed E-state index contributed by atoms with van der Waals surface area (Å²) in [5, 5.41) is 5.99. The fraction of sp³-hybridized carbons (Fsp3) is 0.588.